The van der Waals surface area contributed by atoms with Crippen molar-refractivity contribution in [2.24, 2.45) is 0 Å². The first-order valence-electron chi connectivity index (χ1n) is 6.37. The van der Waals surface area contributed by atoms with Crippen molar-refractivity contribution in [3.63, 3.8) is 0 Å². The molecule has 6 heteroatoms. The monoisotopic (exact) mass is 331 g/mol. The van der Waals surface area contributed by atoms with Gasteiger partial charge >= 0.3 is 0 Å². The fourth-order valence-corrected chi connectivity index (χ4v) is 2.80. The van der Waals surface area contributed by atoms with E-state index in [0.717, 1.165) is 13.0 Å². The largest absolute Gasteiger partial charge is 0.490 e. The van der Waals surface area contributed by atoms with Crippen LogP contribution in [-0.2, 0) is 4.74 Å². The van der Waals surface area contributed by atoms with Crippen LogP contribution < -0.4 is 14.8 Å². The van der Waals surface area contributed by atoms with Crippen LogP contribution >= 0.6 is 15.9 Å². The predicted octanol–water partition coefficient (Wildman–Crippen LogP) is 2.41. The van der Waals surface area contributed by atoms with Crippen molar-refractivity contribution in [1.29, 1.82) is 0 Å². The zero-order chi connectivity index (χ0) is 13.2. The van der Waals surface area contributed by atoms with Crippen molar-refractivity contribution in [2.75, 3.05) is 32.9 Å². The Kier molecular flexibility index (Phi) is 3.91. The number of halogens is 2. The third kappa shape index (κ3) is 2.57. The summed E-state index contributed by atoms with van der Waals surface area (Å²) in [6, 6.07) is 1.69. The van der Waals surface area contributed by atoms with Crippen LogP contribution in [0.2, 0.25) is 0 Å². The Morgan fingerprint density at radius 1 is 1.26 bits per heavy atom. The van der Waals surface area contributed by atoms with E-state index >= 15 is 0 Å². The molecule has 2 aliphatic rings. The summed E-state index contributed by atoms with van der Waals surface area (Å²) in [5, 5.41) is 3.19. The Labute approximate surface area is 119 Å². The highest BCUT2D eigenvalue weighted by molar-refractivity contribution is 9.10. The summed E-state index contributed by atoms with van der Waals surface area (Å²) >= 11 is 3.26. The molecule has 0 aromatic heterocycles. The molecule has 1 saturated heterocycles. The molecule has 1 unspecified atom stereocenters. The second kappa shape index (κ2) is 5.64. The van der Waals surface area contributed by atoms with Crippen molar-refractivity contribution in [3.8, 4) is 11.5 Å². The van der Waals surface area contributed by atoms with Crippen LogP contribution in [-0.4, -0.2) is 32.9 Å². The first kappa shape index (κ1) is 13.1. The number of fused-ring (bicyclic) bond motifs is 1. The maximum atomic E-state index is 14.4. The van der Waals surface area contributed by atoms with Crippen LogP contribution in [0.25, 0.3) is 0 Å². The Morgan fingerprint density at radius 2 is 2.11 bits per heavy atom. The van der Waals surface area contributed by atoms with E-state index in [1.807, 2.05) is 0 Å². The first-order chi connectivity index (χ1) is 9.27. The molecule has 1 N–H and O–H groups in total. The average Bonchev–Trinajstić information content (AvgIpc) is 2.69. The third-order valence-electron chi connectivity index (χ3n) is 3.22. The Morgan fingerprint density at radius 3 is 2.89 bits per heavy atom. The third-order valence-corrected chi connectivity index (χ3v) is 3.93. The summed E-state index contributed by atoms with van der Waals surface area (Å²) in [7, 11) is 0. The SMILES string of the molecule is Fc1c(C2CNCCO2)cc2c(c1Br)OCCCO2. The molecule has 0 amide bonds. The van der Waals surface area contributed by atoms with Crippen molar-refractivity contribution < 1.29 is 18.6 Å². The molecule has 1 fully saturated rings. The smallest absolute Gasteiger partial charge is 0.178 e. The summed E-state index contributed by atoms with van der Waals surface area (Å²) < 4.78 is 31.5. The van der Waals surface area contributed by atoms with Gasteiger partial charge in [0, 0.05) is 25.1 Å². The van der Waals surface area contributed by atoms with Crippen LogP contribution in [0.15, 0.2) is 10.5 Å². The molecule has 19 heavy (non-hydrogen) atoms. The quantitative estimate of drug-likeness (QED) is 0.857. The molecule has 2 aliphatic heterocycles. The second-order valence-electron chi connectivity index (χ2n) is 4.54. The molecule has 1 aromatic rings. The Bertz CT molecular complexity index is 477. The molecule has 0 spiro atoms. The fourth-order valence-electron chi connectivity index (χ4n) is 2.26. The standard InChI is InChI=1S/C13H15BrFNO3/c14-11-12(15)8(10-7-16-2-5-18-10)6-9-13(11)19-4-1-3-17-9/h6,10,16H,1-5,7H2. The van der Waals surface area contributed by atoms with Gasteiger partial charge in [-0.2, -0.15) is 0 Å². The van der Waals surface area contributed by atoms with Crippen molar-refractivity contribution in [3.05, 3.63) is 21.9 Å². The number of nitrogens with one attached hydrogen (secondary N) is 1. The van der Waals surface area contributed by atoms with Crippen molar-refractivity contribution in [1.82, 2.24) is 5.32 Å². The lowest BCUT2D eigenvalue weighted by Gasteiger charge is -2.25. The van der Waals surface area contributed by atoms with Gasteiger partial charge in [0.2, 0.25) is 0 Å². The van der Waals surface area contributed by atoms with Gasteiger partial charge in [0.15, 0.2) is 11.5 Å². The molecule has 1 aromatic carbocycles. The number of benzene rings is 1. The zero-order valence-corrected chi connectivity index (χ0v) is 12.0. The lowest BCUT2D eigenvalue weighted by atomic mass is 10.1. The van der Waals surface area contributed by atoms with E-state index in [2.05, 4.69) is 21.2 Å². The summed E-state index contributed by atoms with van der Waals surface area (Å²) in [5.74, 6) is 0.690. The number of hydrogen-bond donors (Lipinski definition) is 1. The van der Waals surface area contributed by atoms with Gasteiger partial charge in [-0.15, -0.1) is 0 Å². The lowest BCUT2D eigenvalue weighted by molar-refractivity contribution is 0.0252. The minimum atomic E-state index is -0.335. The molecular weight excluding hydrogens is 317 g/mol. The van der Waals surface area contributed by atoms with Crippen LogP contribution in [0, 0.1) is 5.82 Å². The fraction of sp³-hybridized carbons (Fsp3) is 0.538. The molecule has 4 nitrogen and oxygen atoms in total. The van der Waals surface area contributed by atoms with E-state index in [1.54, 1.807) is 6.07 Å². The van der Waals surface area contributed by atoms with Gasteiger partial charge < -0.3 is 19.5 Å². The highest BCUT2D eigenvalue weighted by atomic mass is 79.9. The topological polar surface area (TPSA) is 39.7 Å². The van der Waals surface area contributed by atoms with E-state index in [1.165, 1.54) is 0 Å². The Hall–Kier alpha value is -0.850. The van der Waals surface area contributed by atoms with Crippen molar-refractivity contribution >= 4 is 15.9 Å². The van der Waals surface area contributed by atoms with Gasteiger partial charge in [-0.05, 0) is 22.0 Å². The lowest BCUT2D eigenvalue weighted by Crippen LogP contribution is -2.33. The van der Waals surface area contributed by atoms with Crippen molar-refractivity contribution in [2.45, 2.75) is 12.5 Å². The highest BCUT2D eigenvalue weighted by Gasteiger charge is 2.26. The maximum absolute atomic E-state index is 14.4. The van der Waals surface area contributed by atoms with Crippen LogP contribution in [0.5, 0.6) is 11.5 Å². The van der Waals surface area contributed by atoms with Crippen LogP contribution in [0.1, 0.15) is 18.1 Å². The van der Waals surface area contributed by atoms with Gasteiger partial charge in [0.05, 0.1) is 30.4 Å². The summed E-state index contributed by atoms with van der Waals surface area (Å²) in [5.41, 5.74) is 0.503. The van der Waals surface area contributed by atoms with E-state index in [0.29, 0.717) is 47.9 Å². The Balaban J connectivity index is 2.00. The molecule has 1 atom stereocenters. The molecule has 0 radical (unpaired) electrons. The molecule has 0 saturated carbocycles. The average molecular weight is 332 g/mol. The predicted molar refractivity (Wildman–Crippen MR) is 71.3 cm³/mol. The van der Waals surface area contributed by atoms with E-state index in [9.17, 15) is 4.39 Å². The molecular formula is C13H15BrFNO3. The van der Waals surface area contributed by atoms with E-state index < -0.39 is 0 Å². The number of ether oxygens (including phenoxy) is 3. The number of morpholine rings is 1. The maximum Gasteiger partial charge on any atom is 0.178 e. The molecule has 0 bridgehead atoms. The van der Waals surface area contributed by atoms with Crippen LogP contribution in [0.4, 0.5) is 4.39 Å². The normalized spacial score (nSPS) is 22.9. The summed E-state index contributed by atoms with van der Waals surface area (Å²) in [6.45, 7) is 3.09. The van der Waals surface area contributed by atoms with Gasteiger partial charge in [-0.25, -0.2) is 4.39 Å². The van der Waals surface area contributed by atoms with Gasteiger partial charge in [-0.3, -0.25) is 0 Å². The van der Waals surface area contributed by atoms with Gasteiger partial charge in [0.1, 0.15) is 5.82 Å². The summed E-state index contributed by atoms with van der Waals surface area (Å²) in [4.78, 5) is 0. The summed E-state index contributed by atoms with van der Waals surface area (Å²) in [6.07, 6.45) is 0.502. The van der Waals surface area contributed by atoms with Gasteiger partial charge in [-0.1, -0.05) is 0 Å². The number of rotatable bonds is 1. The highest BCUT2D eigenvalue weighted by Crippen LogP contribution is 2.42. The van der Waals surface area contributed by atoms with E-state index in [-0.39, 0.29) is 11.9 Å². The van der Waals surface area contributed by atoms with Crippen LogP contribution in [0.3, 0.4) is 0 Å². The van der Waals surface area contributed by atoms with Gasteiger partial charge in [0.25, 0.3) is 0 Å². The molecule has 104 valence electrons. The minimum Gasteiger partial charge on any atom is -0.490 e. The second-order valence-corrected chi connectivity index (χ2v) is 5.33. The first-order valence-corrected chi connectivity index (χ1v) is 7.16. The van der Waals surface area contributed by atoms with E-state index in [4.69, 9.17) is 14.2 Å². The molecule has 3 rings (SSSR count). The minimum absolute atomic E-state index is 0.290. The molecule has 2 heterocycles. The zero-order valence-electron chi connectivity index (χ0n) is 10.4. The number of hydrogen-bond acceptors (Lipinski definition) is 4. The molecule has 0 aliphatic carbocycles.